The van der Waals surface area contributed by atoms with Gasteiger partial charge in [0, 0.05) is 22.6 Å². The fraction of sp³-hybridized carbons (Fsp3) is 0.828. The fourth-order valence-electron chi connectivity index (χ4n) is 19.8. The lowest BCUT2D eigenvalue weighted by molar-refractivity contribution is -0.0136. The number of hydrogen-bond donors (Lipinski definition) is 1. The molecule has 2 saturated heterocycles. The molecule has 0 amide bonds. The maximum Gasteiger partial charge on any atom is 0.0240 e. The quantitative estimate of drug-likeness (QED) is 0.283. The molecule has 0 aromatic rings. The van der Waals surface area contributed by atoms with Gasteiger partial charge in [0.15, 0.2) is 0 Å². The van der Waals surface area contributed by atoms with Crippen LogP contribution in [0, 0.1) is 87.8 Å². The standard InChI is InChI=1S/C58H85NS/c1-36-33-50(39-15-6-4-7-16-39)59-55(56-52(36)46-20-9-11-22-51(46)60-56)42-18-14-17-40(34-42)37-23-25-38(26-24-37)41-27-28-45-49(35-41)57(2,3)48-30-29-44-43-19-8-10-21-47(43)58(54(44)53(45)48)31-12-5-13-32-58/h6,15,21,23,25,35-36,39-40,42-46,48-56,59H,4-5,7-14,16-20,22,24,26-34H2,1-3H3. The van der Waals surface area contributed by atoms with Crippen LogP contribution in [-0.2, 0) is 0 Å². The van der Waals surface area contributed by atoms with Crippen molar-refractivity contribution in [3.05, 3.63) is 58.7 Å². The molecule has 1 N–H and O–H groups in total. The molecule has 2 heteroatoms. The van der Waals surface area contributed by atoms with E-state index in [1.165, 1.54) is 161 Å². The Morgan fingerprint density at radius 1 is 0.700 bits per heavy atom. The summed E-state index contributed by atoms with van der Waals surface area (Å²) in [5.74, 6) is 11.9. The Bertz CT molecular complexity index is 1770. The van der Waals surface area contributed by atoms with Crippen molar-refractivity contribution in [3.63, 3.8) is 0 Å². The number of hydrogen-bond acceptors (Lipinski definition) is 2. The van der Waals surface area contributed by atoms with Crippen LogP contribution in [0.1, 0.15) is 188 Å². The van der Waals surface area contributed by atoms with E-state index in [4.69, 9.17) is 0 Å². The fourth-order valence-corrected chi connectivity index (χ4v) is 22.2. The van der Waals surface area contributed by atoms with Gasteiger partial charge in [0.2, 0.25) is 0 Å². The minimum Gasteiger partial charge on any atom is -0.309 e. The number of nitrogens with one attached hydrogen (secondary N) is 1. The summed E-state index contributed by atoms with van der Waals surface area (Å²) in [4.78, 5) is 0. The van der Waals surface area contributed by atoms with Crippen LogP contribution in [0.3, 0.4) is 0 Å². The van der Waals surface area contributed by atoms with Crippen LogP contribution in [-0.4, -0.2) is 22.6 Å². The van der Waals surface area contributed by atoms with Crippen LogP contribution >= 0.6 is 11.8 Å². The molecule has 0 aromatic carbocycles. The van der Waals surface area contributed by atoms with Crippen molar-refractivity contribution in [1.29, 1.82) is 0 Å². The molecule has 12 rings (SSSR count). The Hall–Kier alpha value is -0.990. The smallest absolute Gasteiger partial charge is 0.0240 e. The largest absolute Gasteiger partial charge is 0.309 e. The molecule has 2 heterocycles. The van der Waals surface area contributed by atoms with E-state index < -0.39 is 0 Å². The Morgan fingerprint density at radius 3 is 2.43 bits per heavy atom. The molecule has 328 valence electrons. The first-order valence-electron chi connectivity index (χ1n) is 27.3. The van der Waals surface area contributed by atoms with Crippen molar-refractivity contribution in [2.45, 2.75) is 210 Å². The van der Waals surface area contributed by atoms with E-state index >= 15 is 0 Å². The van der Waals surface area contributed by atoms with Crippen molar-refractivity contribution < 1.29 is 0 Å². The minimum absolute atomic E-state index is 0.446. The molecule has 0 radical (unpaired) electrons. The van der Waals surface area contributed by atoms with Gasteiger partial charge in [-0.2, -0.15) is 11.8 Å². The summed E-state index contributed by atoms with van der Waals surface area (Å²) in [6.07, 6.45) is 54.3. The van der Waals surface area contributed by atoms with Crippen molar-refractivity contribution in [3.8, 4) is 0 Å². The van der Waals surface area contributed by atoms with Crippen LogP contribution in [0.2, 0.25) is 0 Å². The maximum absolute atomic E-state index is 4.61. The summed E-state index contributed by atoms with van der Waals surface area (Å²) < 4.78 is 0. The highest BCUT2D eigenvalue weighted by atomic mass is 32.2. The molecule has 1 nitrogen and oxygen atoms in total. The van der Waals surface area contributed by atoms with Gasteiger partial charge < -0.3 is 5.32 Å². The molecule has 17 atom stereocenters. The van der Waals surface area contributed by atoms with E-state index in [2.05, 4.69) is 74.3 Å². The molecule has 10 aliphatic carbocycles. The lowest BCUT2D eigenvalue weighted by Crippen LogP contribution is -2.51. The van der Waals surface area contributed by atoms with Crippen LogP contribution in [0.15, 0.2) is 58.7 Å². The molecular weight excluding hydrogens is 743 g/mol. The summed E-state index contributed by atoms with van der Waals surface area (Å²) >= 11 is 2.51. The average Bonchev–Trinajstić information content (AvgIpc) is 3.85. The first-order valence-corrected chi connectivity index (χ1v) is 28.2. The molecule has 6 saturated carbocycles. The van der Waals surface area contributed by atoms with E-state index in [-0.39, 0.29) is 0 Å². The van der Waals surface area contributed by atoms with Crippen molar-refractivity contribution in [2.24, 2.45) is 87.8 Å². The molecule has 17 unspecified atom stereocenters. The van der Waals surface area contributed by atoms with Gasteiger partial charge >= 0.3 is 0 Å². The van der Waals surface area contributed by atoms with Gasteiger partial charge in [-0.25, -0.2) is 0 Å². The Morgan fingerprint density at radius 2 is 1.58 bits per heavy atom. The summed E-state index contributed by atoms with van der Waals surface area (Å²) in [5, 5.41) is 6.41. The van der Waals surface area contributed by atoms with Gasteiger partial charge in [0.05, 0.1) is 0 Å². The predicted octanol–water partition coefficient (Wildman–Crippen LogP) is 15.4. The zero-order valence-electron chi connectivity index (χ0n) is 38.6. The lowest BCUT2D eigenvalue weighted by atomic mass is 9.53. The third-order valence-electron chi connectivity index (χ3n) is 22.2. The molecular formula is C58H85NS. The second kappa shape index (κ2) is 16.2. The van der Waals surface area contributed by atoms with Crippen LogP contribution in [0.5, 0.6) is 0 Å². The molecule has 2 aliphatic heterocycles. The number of fused-ring (bicyclic) bond motifs is 12. The molecule has 0 bridgehead atoms. The third kappa shape index (κ3) is 6.57. The van der Waals surface area contributed by atoms with Gasteiger partial charge in [-0.15, -0.1) is 0 Å². The zero-order chi connectivity index (χ0) is 40.2. The second-order valence-corrected chi connectivity index (χ2v) is 26.3. The summed E-state index contributed by atoms with van der Waals surface area (Å²) in [6.45, 7) is 8.21. The Kier molecular flexibility index (Phi) is 10.9. The van der Waals surface area contributed by atoms with Crippen molar-refractivity contribution in [1.82, 2.24) is 5.32 Å². The van der Waals surface area contributed by atoms with E-state index in [1.807, 2.05) is 11.1 Å². The van der Waals surface area contributed by atoms with Gasteiger partial charge in [0.1, 0.15) is 0 Å². The molecule has 1 spiro atoms. The molecule has 60 heavy (non-hydrogen) atoms. The first-order chi connectivity index (χ1) is 29.4. The van der Waals surface area contributed by atoms with Gasteiger partial charge in [-0.05, 0) is 227 Å². The summed E-state index contributed by atoms with van der Waals surface area (Å²) in [7, 11) is 0. The van der Waals surface area contributed by atoms with Crippen LogP contribution in [0.25, 0.3) is 0 Å². The van der Waals surface area contributed by atoms with E-state index in [0.29, 0.717) is 16.9 Å². The average molecular weight is 828 g/mol. The highest BCUT2D eigenvalue weighted by molar-refractivity contribution is 8.00. The van der Waals surface area contributed by atoms with Crippen molar-refractivity contribution >= 4 is 11.8 Å². The van der Waals surface area contributed by atoms with Crippen LogP contribution in [0.4, 0.5) is 0 Å². The Labute approximate surface area is 372 Å². The van der Waals surface area contributed by atoms with E-state index in [0.717, 1.165) is 93.5 Å². The zero-order valence-corrected chi connectivity index (χ0v) is 39.4. The maximum atomic E-state index is 4.61. The third-order valence-corrected chi connectivity index (χ3v) is 24.0. The van der Waals surface area contributed by atoms with E-state index in [1.54, 1.807) is 17.6 Å². The highest BCUT2D eigenvalue weighted by Gasteiger charge is 2.67. The summed E-state index contributed by atoms with van der Waals surface area (Å²) in [6, 6.07) is 1.42. The highest BCUT2D eigenvalue weighted by Crippen LogP contribution is 2.75. The lowest BCUT2D eigenvalue weighted by Gasteiger charge is -2.51. The normalized spacial score (nSPS) is 49.1. The molecule has 8 fully saturated rings. The minimum atomic E-state index is 0.446. The topological polar surface area (TPSA) is 12.0 Å². The Balaban J connectivity index is 0.781. The van der Waals surface area contributed by atoms with Gasteiger partial charge in [-0.3, -0.25) is 0 Å². The summed E-state index contributed by atoms with van der Waals surface area (Å²) in [5.41, 5.74) is 8.44. The SMILES string of the molecule is CC1CC(C2C=CCCC2)NC(C2CCCC(C3=CC=C(C4=CC5C(CC4)C4C6C(CCC4C5(C)C)C4CCCC=C4C64CCCCC4)CC3)C2)C2SC3CCCCC3C12. The van der Waals surface area contributed by atoms with Crippen LogP contribution < -0.4 is 5.32 Å². The first kappa shape index (κ1) is 40.5. The molecule has 12 aliphatic rings. The second-order valence-electron chi connectivity index (χ2n) is 24.9. The number of thioether (sulfide) groups is 1. The van der Waals surface area contributed by atoms with Gasteiger partial charge in [-0.1, -0.05) is 107 Å². The number of rotatable bonds is 4. The van der Waals surface area contributed by atoms with Gasteiger partial charge in [0.25, 0.3) is 0 Å². The predicted molar refractivity (Wildman–Crippen MR) is 255 cm³/mol. The van der Waals surface area contributed by atoms with E-state index in [9.17, 15) is 0 Å². The number of allylic oxidation sites excluding steroid dienone is 9. The van der Waals surface area contributed by atoms with Crippen molar-refractivity contribution in [2.75, 3.05) is 0 Å². The monoisotopic (exact) mass is 828 g/mol. The molecule has 0 aromatic heterocycles.